The summed E-state index contributed by atoms with van der Waals surface area (Å²) in [4.78, 5) is 23.1. The number of rotatable bonds is 11. The number of nitrogens with zero attached hydrogens (tertiary/aromatic N) is 1. The number of methoxy groups -OCH3 is 1. The minimum atomic E-state index is -3.65. The Morgan fingerprint density at radius 3 is 2.47 bits per heavy atom. The molecular formula is C19H23N3O7S. The summed E-state index contributed by atoms with van der Waals surface area (Å²) >= 11 is 0. The van der Waals surface area contributed by atoms with Gasteiger partial charge in [0.2, 0.25) is 10.0 Å². The van der Waals surface area contributed by atoms with Gasteiger partial charge in [-0.1, -0.05) is 30.3 Å². The molecule has 2 N–H and O–H groups in total. The van der Waals surface area contributed by atoms with Crippen LogP contribution in [-0.4, -0.2) is 45.3 Å². The molecule has 0 unspecified atom stereocenters. The van der Waals surface area contributed by atoms with Crippen LogP contribution in [0, 0.1) is 10.1 Å². The van der Waals surface area contributed by atoms with Gasteiger partial charge in [0.25, 0.3) is 11.6 Å². The van der Waals surface area contributed by atoms with E-state index in [1.807, 2.05) is 6.07 Å². The predicted octanol–water partition coefficient (Wildman–Crippen LogP) is 1.85. The maximum Gasteiger partial charge on any atom is 0.286 e. The second kappa shape index (κ2) is 10.6. The lowest BCUT2D eigenvalue weighted by Gasteiger charge is -2.12. The van der Waals surface area contributed by atoms with Gasteiger partial charge in [-0.25, -0.2) is 13.1 Å². The van der Waals surface area contributed by atoms with Crippen LogP contribution in [0.1, 0.15) is 22.8 Å². The van der Waals surface area contributed by atoms with Gasteiger partial charge in [0.15, 0.2) is 11.5 Å². The van der Waals surface area contributed by atoms with Gasteiger partial charge < -0.3 is 14.8 Å². The van der Waals surface area contributed by atoms with E-state index in [4.69, 9.17) is 9.47 Å². The molecular weight excluding hydrogens is 414 g/mol. The van der Waals surface area contributed by atoms with E-state index < -0.39 is 26.5 Å². The predicted molar refractivity (Wildman–Crippen MR) is 110 cm³/mol. The molecule has 0 aliphatic heterocycles. The maximum absolute atomic E-state index is 12.5. The van der Waals surface area contributed by atoms with Crippen molar-refractivity contribution in [2.75, 3.05) is 26.0 Å². The zero-order valence-electron chi connectivity index (χ0n) is 16.6. The van der Waals surface area contributed by atoms with Gasteiger partial charge >= 0.3 is 0 Å². The summed E-state index contributed by atoms with van der Waals surface area (Å²) in [5.41, 5.74) is 0.0687. The monoisotopic (exact) mass is 437 g/mol. The summed E-state index contributed by atoms with van der Waals surface area (Å²) in [6.45, 7) is 1.88. The third kappa shape index (κ3) is 6.42. The fourth-order valence-electron chi connectivity index (χ4n) is 2.57. The fraction of sp³-hybridized carbons (Fsp3) is 0.316. The molecule has 0 saturated carbocycles. The molecule has 0 aliphatic rings. The average Bonchev–Trinajstić information content (AvgIpc) is 2.72. The third-order valence-electron chi connectivity index (χ3n) is 4.02. The standard InChI is InChI=1S/C19H23N3O7S/c1-3-29-18-11-15(16(22(24)25)12-17(18)28-2)19(23)20-9-10-30(26,27)21-13-14-7-5-4-6-8-14/h4-8,11-12,21H,3,9-10,13H2,1-2H3,(H,20,23). The highest BCUT2D eigenvalue weighted by Gasteiger charge is 2.25. The summed E-state index contributed by atoms with van der Waals surface area (Å²) in [5.74, 6) is -0.877. The first-order valence-electron chi connectivity index (χ1n) is 9.06. The third-order valence-corrected chi connectivity index (χ3v) is 5.34. The number of carbonyl (C=O) groups excluding carboxylic acids is 1. The van der Waals surface area contributed by atoms with Crippen molar-refractivity contribution in [3.8, 4) is 11.5 Å². The van der Waals surface area contributed by atoms with Gasteiger partial charge in [0, 0.05) is 19.2 Å². The Bertz CT molecular complexity index is 995. The molecule has 0 fully saturated rings. The van der Waals surface area contributed by atoms with E-state index in [0.29, 0.717) is 0 Å². The molecule has 2 aromatic rings. The lowest BCUT2D eigenvalue weighted by atomic mass is 10.1. The number of ether oxygens (including phenoxy) is 2. The molecule has 2 aromatic carbocycles. The van der Waals surface area contributed by atoms with E-state index in [1.165, 1.54) is 13.2 Å². The minimum absolute atomic E-state index is 0.118. The maximum atomic E-state index is 12.5. The smallest absolute Gasteiger partial charge is 0.286 e. The number of sulfonamides is 1. The highest BCUT2D eigenvalue weighted by Crippen LogP contribution is 2.34. The van der Waals surface area contributed by atoms with Gasteiger partial charge in [0.1, 0.15) is 5.56 Å². The van der Waals surface area contributed by atoms with Crippen LogP contribution in [0.25, 0.3) is 0 Å². The Labute approximate surface area is 174 Å². The van der Waals surface area contributed by atoms with Crippen LogP contribution < -0.4 is 19.5 Å². The zero-order chi connectivity index (χ0) is 22.1. The van der Waals surface area contributed by atoms with Crippen molar-refractivity contribution in [2.24, 2.45) is 0 Å². The van der Waals surface area contributed by atoms with Gasteiger partial charge in [-0.2, -0.15) is 0 Å². The number of nitrogens with one attached hydrogen (secondary N) is 2. The van der Waals surface area contributed by atoms with Crippen LogP contribution in [0.3, 0.4) is 0 Å². The minimum Gasteiger partial charge on any atom is -0.493 e. The molecule has 0 bridgehead atoms. The van der Waals surface area contributed by atoms with Crippen molar-refractivity contribution in [1.29, 1.82) is 0 Å². The molecule has 0 aliphatic carbocycles. The van der Waals surface area contributed by atoms with E-state index in [1.54, 1.807) is 31.2 Å². The molecule has 0 heterocycles. The molecule has 0 radical (unpaired) electrons. The number of nitro benzene ring substituents is 1. The fourth-order valence-corrected chi connectivity index (χ4v) is 3.47. The largest absolute Gasteiger partial charge is 0.493 e. The molecule has 0 aromatic heterocycles. The van der Waals surface area contributed by atoms with Crippen LogP contribution in [0.2, 0.25) is 0 Å². The molecule has 2 rings (SSSR count). The quantitative estimate of drug-likeness (QED) is 0.404. The topological polar surface area (TPSA) is 137 Å². The highest BCUT2D eigenvalue weighted by atomic mass is 32.2. The SMILES string of the molecule is CCOc1cc(C(=O)NCCS(=O)(=O)NCc2ccccc2)c([N+](=O)[O-])cc1OC. The summed E-state index contributed by atoms with van der Waals surface area (Å²) < 4.78 is 37.1. The van der Waals surface area contributed by atoms with Gasteiger partial charge in [-0.05, 0) is 12.5 Å². The Morgan fingerprint density at radius 1 is 1.17 bits per heavy atom. The van der Waals surface area contributed by atoms with Crippen molar-refractivity contribution in [2.45, 2.75) is 13.5 Å². The van der Waals surface area contributed by atoms with Crippen LogP contribution in [0.4, 0.5) is 5.69 Å². The first-order valence-corrected chi connectivity index (χ1v) is 10.7. The summed E-state index contributed by atoms with van der Waals surface area (Å²) in [7, 11) is -2.33. The Kier molecular flexibility index (Phi) is 8.13. The number of carbonyl (C=O) groups is 1. The van der Waals surface area contributed by atoms with E-state index in [-0.39, 0.29) is 42.5 Å². The molecule has 162 valence electrons. The lowest BCUT2D eigenvalue weighted by molar-refractivity contribution is -0.385. The Hall–Kier alpha value is -3.18. The first-order chi connectivity index (χ1) is 14.3. The van der Waals surface area contributed by atoms with Crippen LogP contribution in [-0.2, 0) is 16.6 Å². The molecule has 10 nitrogen and oxygen atoms in total. The molecule has 1 amide bonds. The average molecular weight is 437 g/mol. The van der Waals surface area contributed by atoms with Crippen LogP contribution in [0.15, 0.2) is 42.5 Å². The first kappa shape index (κ1) is 23.1. The Balaban J connectivity index is 2.04. The molecule has 0 atom stereocenters. The van der Waals surface area contributed by atoms with E-state index in [0.717, 1.165) is 11.6 Å². The second-order valence-corrected chi connectivity index (χ2v) is 8.02. The number of amides is 1. The van der Waals surface area contributed by atoms with Crippen molar-refractivity contribution in [3.63, 3.8) is 0 Å². The van der Waals surface area contributed by atoms with Crippen molar-refractivity contribution < 1.29 is 27.6 Å². The molecule has 0 spiro atoms. The number of nitro groups is 1. The van der Waals surface area contributed by atoms with E-state index >= 15 is 0 Å². The van der Waals surface area contributed by atoms with Gasteiger partial charge in [0.05, 0.1) is 30.5 Å². The normalized spacial score (nSPS) is 11.0. The van der Waals surface area contributed by atoms with Crippen molar-refractivity contribution >= 4 is 21.6 Å². The van der Waals surface area contributed by atoms with Crippen LogP contribution >= 0.6 is 0 Å². The van der Waals surface area contributed by atoms with Gasteiger partial charge in [-0.15, -0.1) is 0 Å². The lowest BCUT2D eigenvalue weighted by Crippen LogP contribution is -2.34. The van der Waals surface area contributed by atoms with Crippen molar-refractivity contribution in [3.05, 3.63) is 63.7 Å². The van der Waals surface area contributed by atoms with Crippen molar-refractivity contribution in [1.82, 2.24) is 10.0 Å². The van der Waals surface area contributed by atoms with Gasteiger partial charge in [-0.3, -0.25) is 14.9 Å². The van der Waals surface area contributed by atoms with E-state index in [2.05, 4.69) is 10.0 Å². The molecule has 0 saturated heterocycles. The molecule has 11 heteroatoms. The summed E-state index contributed by atoms with van der Waals surface area (Å²) in [6.07, 6.45) is 0. The van der Waals surface area contributed by atoms with Crippen LogP contribution in [0.5, 0.6) is 11.5 Å². The second-order valence-electron chi connectivity index (χ2n) is 6.09. The number of hydrogen-bond donors (Lipinski definition) is 2. The Morgan fingerprint density at radius 2 is 1.87 bits per heavy atom. The summed E-state index contributed by atoms with van der Waals surface area (Å²) in [5, 5.41) is 13.7. The summed E-state index contributed by atoms with van der Waals surface area (Å²) in [6, 6.07) is 11.3. The number of hydrogen-bond acceptors (Lipinski definition) is 7. The van der Waals surface area contributed by atoms with E-state index in [9.17, 15) is 23.3 Å². The molecule has 30 heavy (non-hydrogen) atoms. The highest BCUT2D eigenvalue weighted by molar-refractivity contribution is 7.89. The zero-order valence-corrected chi connectivity index (χ0v) is 17.4. The number of benzene rings is 2.